The summed E-state index contributed by atoms with van der Waals surface area (Å²) in [6.07, 6.45) is 1.15. The van der Waals surface area contributed by atoms with Crippen LogP contribution in [0.25, 0.3) is 0 Å². The number of benzene rings is 1. The van der Waals surface area contributed by atoms with E-state index in [1.54, 1.807) is 18.2 Å². The van der Waals surface area contributed by atoms with Crippen LogP contribution in [0.3, 0.4) is 0 Å². The van der Waals surface area contributed by atoms with Gasteiger partial charge in [0.05, 0.1) is 33.2 Å². The maximum Gasteiger partial charge on any atom is 0.549 e. The van der Waals surface area contributed by atoms with Gasteiger partial charge in [0.15, 0.2) is 0 Å². The molecular formula is C19H37NO8Si4. The smallest absolute Gasteiger partial charge is 0.400 e. The molecule has 0 saturated heterocycles. The van der Waals surface area contributed by atoms with Gasteiger partial charge in [0, 0.05) is 18.5 Å². The summed E-state index contributed by atoms with van der Waals surface area (Å²) in [6.45, 7) is 18.1. The van der Waals surface area contributed by atoms with Gasteiger partial charge in [-0.15, -0.1) is 0 Å². The molecule has 0 fully saturated rings. The molecule has 0 aliphatic heterocycles. The molecular weight excluding hydrogens is 483 g/mol. The summed E-state index contributed by atoms with van der Waals surface area (Å²) in [6, 6.07) is 6.75. The van der Waals surface area contributed by atoms with Crippen LogP contribution in [0.2, 0.25) is 37.3 Å². The normalized spacial score (nSPS) is 10.3. The van der Waals surface area contributed by atoms with Gasteiger partial charge in [-0.1, -0.05) is 66.0 Å². The van der Waals surface area contributed by atoms with Crippen molar-refractivity contribution in [3.8, 4) is 0 Å². The SMILES string of the molecule is CC(C)[Si](C)(C)CO.CC(C)[Si](C)(C)COCc1ccccc1[N+](=O)[O-].O=[Si]=O.O=[Si]=O. The first-order chi connectivity index (χ1) is 14.7. The van der Waals surface area contributed by atoms with Crippen LogP contribution in [-0.2, 0) is 29.2 Å². The lowest BCUT2D eigenvalue weighted by Gasteiger charge is -2.26. The Kier molecular flexibility index (Phi) is 21.0. The number of rotatable bonds is 8. The first-order valence-electron chi connectivity index (χ1n) is 10.1. The van der Waals surface area contributed by atoms with Gasteiger partial charge in [-0.05, 0) is 17.1 Å². The van der Waals surface area contributed by atoms with Crippen LogP contribution < -0.4 is 0 Å². The lowest BCUT2D eigenvalue weighted by Crippen LogP contribution is -2.36. The van der Waals surface area contributed by atoms with Crippen molar-refractivity contribution in [2.45, 2.75) is 71.6 Å². The van der Waals surface area contributed by atoms with E-state index in [-0.39, 0.29) is 10.6 Å². The number of hydrogen-bond acceptors (Lipinski definition) is 8. The van der Waals surface area contributed by atoms with Crippen LogP contribution in [0.15, 0.2) is 24.3 Å². The standard InChI is InChI=1S/C13H21NO3Si.C6H16OSi.2O2Si/c1-11(2)18(3,4)10-17-9-12-7-5-6-8-13(12)14(15)16;1-6(2)8(3,4)5-7;2*1-3-2/h5-8,11H,9-10H2,1-4H3;6-7H,5H2,1-4H3;;. The summed E-state index contributed by atoms with van der Waals surface area (Å²) in [5, 5.41) is 19.7. The molecule has 9 nitrogen and oxygen atoms in total. The van der Waals surface area contributed by atoms with Gasteiger partial charge in [0.25, 0.3) is 5.69 Å². The zero-order valence-electron chi connectivity index (χ0n) is 20.3. The number of aliphatic hydroxyl groups excluding tert-OH is 1. The Morgan fingerprint density at radius 2 is 1.34 bits per heavy atom. The van der Waals surface area contributed by atoms with Crippen molar-refractivity contribution in [3.63, 3.8) is 0 Å². The molecule has 0 radical (unpaired) electrons. The summed E-state index contributed by atoms with van der Waals surface area (Å²) in [4.78, 5) is 10.5. The molecule has 0 saturated carbocycles. The fraction of sp³-hybridized carbons (Fsp3) is 0.684. The summed E-state index contributed by atoms with van der Waals surface area (Å²) in [5.74, 6) is 0. The molecule has 1 aromatic carbocycles. The Morgan fingerprint density at radius 1 is 0.938 bits per heavy atom. The average Bonchev–Trinajstić information content (AvgIpc) is 2.69. The van der Waals surface area contributed by atoms with Crippen LogP contribution in [0.5, 0.6) is 0 Å². The highest BCUT2D eigenvalue weighted by atomic mass is 28.3. The Labute approximate surface area is 197 Å². The van der Waals surface area contributed by atoms with Crippen molar-refractivity contribution in [1.29, 1.82) is 0 Å². The second kappa shape index (κ2) is 19.1. The van der Waals surface area contributed by atoms with Crippen molar-refractivity contribution in [2.75, 3.05) is 12.5 Å². The van der Waals surface area contributed by atoms with Crippen molar-refractivity contribution in [3.05, 3.63) is 39.9 Å². The van der Waals surface area contributed by atoms with Crippen LogP contribution >= 0.6 is 0 Å². The molecule has 0 unspecified atom stereocenters. The molecule has 0 spiro atoms. The molecule has 0 bridgehead atoms. The van der Waals surface area contributed by atoms with Gasteiger partial charge in [0.2, 0.25) is 0 Å². The highest BCUT2D eigenvalue weighted by Crippen LogP contribution is 2.23. The van der Waals surface area contributed by atoms with Gasteiger partial charge in [-0.2, -0.15) is 0 Å². The van der Waals surface area contributed by atoms with E-state index in [0.717, 1.165) is 6.23 Å². The first kappa shape index (κ1) is 35.2. The zero-order valence-corrected chi connectivity index (χ0v) is 24.3. The second-order valence-corrected chi connectivity index (χ2v) is 20.2. The van der Waals surface area contributed by atoms with Gasteiger partial charge in [-0.25, -0.2) is 0 Å². The van der Waals surface area contributed by atoms with E-state index in [9.17, 15) is 10.1 Å². The number of aliphatic hydroxyl groups is 1. The fourth-order valence-electron chi connectivity index (χ4n) is 1.58. The van der Waals surface area contributed by atoms with Crippen LogP contribution in [0, 0.1) is 10.1 Å². The van der Waals surface area contributed by atoms with Crippen LogP contribution in [0.1, 0.15) is 33.3 Å². The van der Waals surface area contributed by atoms with Crippen molar-refractivity contribution in [2.24, 2.45) is 0 Å². The maximum absolute atomic E-state index is 10.8. The number of para-hydroxylation sites is 1. The lowest BCUT2D eigenvalue weighted by atomic mass is 10.2. The molecule has 1 aromatic rings. The summed E-state index contributed by atoms with van der Waals surface area (Å²) < 4.78 is 39.3. The van der Waals surface area contributed by atoms with E-state index < -0.39 is 34.7 Å². The molecule has 0 amide bonds. The van der Waals surface area contributed by atoms with E-state index in [0.29, 0.717) is 29.5 Å². The zero-order chi connectivity index (χ0) is 26.0. The lowest BCUT2D eigenvalue weighted by molar-refractivity contribution is -0.385. The monoisotopic (exact) mass is 519 g/mol. The fourth-order valence-corrected chi connectivity index (χ4v) is 2.91. The molecule has 13 heteroatoms. The molecule has 1 rings (SSSR count). The highest BCUT2D eigenvalue weighted by Gasteiger charge is 2.25. The molecule has 0 aromatic heterocycles. The van der Waals surface area contributed by atoms with Crippen molar-refractivity contribution >= 4 is 40.4 Å². The Hall–Kier alpha value is -1.39. The number of nitrogens with zero attached hydrogens (tertiary/aromatic N) is 1. The number of hydrogen-bond donors (Lipinski definition) is 1. The molecule has 0 aliphatic carbocycles. The van der Waals surface area contributed by atoms with Gasteiger partial charge >= 0.3 is 18.6 Å². The Balaban J connectivity index is -0.000000497. The Bertz CT molecular complexity index is 718. The predicted octanol–water partition coefficient (Wildman–Crippen LogP) is 4.17. The quantitative estimate of drug-likeness (QED) is 0.306. The molecule has 0 atom stereocenters. The summed E-state index contributed by atoms with van der Waals surface area (Å²) in [5.41, 5.74) is 2.13. The minimum atomic E-state index is -1.42. The van der Waals surface area contributed by atoms with Crippen LogP contribution in [0.4, 0.5) is 5.69 Å². The summed E-state index contributed by atoms with van der Waals surface area (Å²) in [7, 11) is -5.40. The number of ether oxygens (including phenoxy) is 1. The predicted molar refractivity (Wildman–Crippen MR) is 129 cm³/mol. The van der Waals surface area contributed by atoms with E-state index >= 15 is 0 Å². The molecule has 32 heavy (non-hydrogen) atoms. The van der Waals surface area contributed by atoms with E-state index in [1.165, 1.54) is 6.07 Å². The third kappa shape index (κ3) is 17.2. The average molecular weight is 520 g/mol. The Morgan fingerprint density at radius 3 is 1.66 bits per heavy atom. The first-order valence-corrected chi connectivity index (χ1v) is 18.3. The van der Waals surface area contributed by atoms with E-state index in [2.05, 4.69) is 53.9 Å². The minimum absolute atomic E-state index is 0.140. The number of nitro groups is 1. The molecule has 0 aliphatic rings. The van der Waals surface area contributed by atoms with Crippen LogP contribution in [-0.4, -0.2) is 57.2 Å². The molecule has 0 heterocycles. The van der Waals surface area contributed by atoms with Gasteiger partial charge in [0.1, 0.15) is 0 Å². The molecule has 182 valence electrons. The highest BCUT2D eigenvalue weighted by molar-refractivity contribution is 6.78. The second-order valence-electron chi connectivity index (χ2n) is 8.99. The van der Waals surface area contributed by atoms with Gasteiger partial charge < -0.3 is 9.84 Å². The maximum atomic E-state index is 10.8. The van der Waals surface area contributed by atoms with Crippen molar-refractivity contribution < 1.29 is 32.6 Å². The van der Waals surface area contributed by atoms with E-state index in [4.69, 9.17) is 27.7 Å². The van der Waals surface area contributed by atoms with Gasteiger partial charge in [-0.3, -0.25) is 28.0 Å². The largest absolute Gasteiger partial charge is 0.549 e. The van der Waals surface area contributed by atoms with E-state index in [1.807, 2.05) is 0 Å². The topological polar surface area (TPSA) is 141 Å². The third-order valence-electron chi connectivity index (χ3n) is 5.45. The van der Waals surface area contributed by atoms with Crippen molar-refractivity contribution in [1.82, 2.24) is 0 Å². The molecule has 1 N–H and O–H groups in total. The minimum Gasteiger partial charge on any atom is -0.400 e. The number of nitro benzene ring substituents is 1. The summed E-state index contributed by atoms with van der Waals surface area (Å²) >= 11 is 0. The third-order valence-corrected chi connectivity index (χ3v) is 13.5.